The molecule has 30 heavy (non-hydrogen) atoms. The molecule has 0 fully saturated rings. The predicted octanol–water partition coefficient (Wildman–Crippen LogP) is 5.65. The molecule has 0 unspecified atom stereocenters. The van der Waals surface area contributed by atoms with Gasteiger partial charge in [0.2, 0.25) is 0 Å². The summed E-state index contributed by atoms with van der Waals surface area (Å²) >= 11 is 5.86. The molecule has 0 amide bonds. The fraction of sp³-hybridized carbons (Fsp3) is 0.381. The number of nitrogen functional groups attached to an aromatic ring is 1. The molecule has 9 heteroatoms. The van der Waals surface area contributed by atoms with Crippen LogP contribution in [0.4, 0.5) is 18.9 Å². The second kappa shape index (κ2) is 9.93. The first-order chi connectivity index (χ1) is 14.1. The first-order valence-electron chi connectivity index (χ1n) is 9.33. The van der Waals surface area contributed by atoms with Crippen LogP contribution >= 0.6 is 11.6 Å². The van der Waals surface area contributed by atoms with Gasteiger partial charge in [-0.05, 0) is 31.5 Å². The number of Topliss-reactive ketones (excluding diaryl/α,β-unsaturated/α-hetero) is 1. The van der Waals surface area contributed by atoms with Gasteiger partial charge in [-0.2, -0.15) is 13.2 Å². The highest BCUT2D eigenvalue weighted by Gasteiger charge is 2.33. The van der Waals surface area contributed by atoms with E-state index in [1.165, 1.54) is 13.0 Å². The molecular weight excluding hydrogens is 423 g/mol. The third-order valence-electron chi connectivity index (χ3n) is 4.33. The van der Waals surface area contributed by atoms with Crippen LogP contribution in [-0.2, 0) is 12.6 Å². The average molecular weight is 446 g/mol. The molecule has 3 N–H and O–H groups in total. The highest BCUT2D eigenvalue weighted by atomic mass is 35.5. The van der Waals surface area contributed by atoms with Crippen molar-refractivity contribution in [3.05, 3.63) is 46.0 Å². The Balaban J connectivity index is 1.97. The smallest absolute Gasteiger partial charge is 0.418 e. The summed E-state index contributed by atoms with van der Waals surface area (Å²) < 4.78 is 49.6. The number of nitrogens with two attached hydrogens (primary N) is 1. The number of hydrogen-bond acceptors (Lipinski definition) is 5. The van der Waals surface area contributed by atoms with Crippen LogP contribution in [0.5, 0.6) is 17.2 Å². The number of benzene rings is 2. The molecule has 0 radical (unpaired) electrons. The number of aromatic hydroxyl groups is 1. The molecule has 0 aliphatic carbocycles. The Morgan fingerprint density at radius 2 is 1.80 bits per heavy atom. The van der Waals surface area contributed by atoms with Crippen molar-refractivity contribution in [2.45, 2.75) is 39.3 Å². The van der Waals surface area contributed by atoms with Gasteiger partial charge in [-0.25, -0.2) is 0 Å². The van der Waals surface area contributed by atoms with Crippen molar-refractivity contribution in [3.8, 4) is 17.2 Å². The van der Waals surface area contributed by atoms with Gasteiger partial charge in [-0.3, -0.25) is 4.79 Å². The van der Waals surface area contributed by atoms with E-state index in [4.69, 9.17) is 26.8 Å². The van der Waals surface area contributed by atoms with Gasteiger partial charge in [-0.15, -0.1) is 0 Å². The first kappa shape index (κ1) is 23.7. The number of alkyl halides is 3. The Morgan fingerprint density at radius 1 is 1.17 bits per heavy atom. The highest BCUT2D eigenvalue weighted by molar-refractivity contribution is 6.32. The van der Waals surface area contributed by atoms with Crippen LogP contribution in [0.15, 0.2) is 24.3 Å². The molecule has 0 aliphatic heterocycles. The number of phenols is 1. The van der Waals surface area contributed by atoms with Crippen LogP contribution in [0.3, 0.4) is 0 Å². The van der Waals surface area contributed by atoms with Crippen molar-refractivity contribution in [1.82, 2.24) is 0 Å². The lowest BCUT2D eigenvalue weighted by Gasteiger charge is -2.16. The predicted molar refractivity (Wildman–Crippen MR) is 109 cm³/mol. The summed E-state index contributed by atoms with van der Waals surface area (Å²) in [7, 11) is 0. The van der Waals surface area contributed by atoms with Crippen molar-refractivity contribution >= 4 is 23.1 Å². The van der Waals surface area contributed by atoms with Gasteiger partial charge in [0, 0.05) is 23.7 Å². The molecule has 0 spiro atoms. The number of rotatable bonds is 9. The van der Waals surface area contributed by atoms with Crippen molar-refractivity contribution in [1.29, 1.82) is 0 Å². The molecule has 2 aromatic carbocycles. The number of phenolic OH excluding ortho intramolecular Hbond substituents is 1. The Bertz CT molecular complexity index is 916. The summed E-state index contributed by atoms with van der Waals surface area (Å²) in [5.41, 5.74) is 4.76. The van der Waals surface area contributed by atoms with Gasteiger partial charge in [-0.1, -0.05) is 24.9 Å². The number of hydrogen-bond donors (Lipinski definition) is 2. The van der Waals surface area contributed by atoms with E-state index in [-0.39, 0.29) is 41.1 Å². The summed E-state index contributed by atoms with van der Waals surface area (Å²) in [4.78, 5) is 11.6. The Kier molecular flexibility index (Phi) is 7.83. The van der Waals surface area contributed by atoms with Crippen LogP contribution in [0, 0.1) is 0 Å². The molecule has 5 nitrogen and oxygen atoms in total. The fourth-order valence-electron chi connectivity index (χ4n) is 2.88. The number of anilines is 1. The number of ether oxygens (including phenoxy) is 2. The second-order valence-corrected chi connectivity index (χ2v) is 7.07. The topological polar surface area (TPSA) is 81.8 Å². The number of carbonyl (C=O) groups excluding carboxylic acids is 1. The Hall–Kier alpha value is -2.61. The van der Waals surface area contributed by atoms with E-state index in [1.807, 2.05) is 6.92 Å². The monoisotopic (exact) mass is 445 g/mol. The minimum atomic E-state index is -4.60. The summed E-state index contributed by atoms with van der Waals surface area (Å²) in [6, 6.07) is 4.92. The van der Waals surface area contributed by atoms with E-state index in [2.05, 4.69) is 0 Å². The zero-order valence-corrected chi connectivity index (χ0v) is 17.4. The summed E-state index contributed by atoms with van der Waals surface area (Å²) in [6.45, 7) is 3.67. The summed E-state index contributed by atoms with van der Waals surface area (Å²) in [5, 5.41) is 10.1. The molecule has 0 aromatic heterocycles. The van der Waals surface area contributed by atoms with Crippen LogP contribution in [-0.4, -0.2) is 24.1 Å². The van der Waals surface area contributed by atoms with Crippen LogP contribution < -0.4 is 15.2 Å². The zero-order valence-electron chi connectivity index (χ0n) is 16.6. The number of carbonyl (C=O) groups is 1. The lowest BCUT2D eigenvalue weighted by Crippen LogP contribution is -2.10. The van der Waals surface area contributed by atoms with Crippen molar-refractivity contribution < 1.29 is 32.5 Å². The molecule has 0 saturated carbocycles. The maximum Gasteiger partial charge on any atom is 0.418 e. The van der Waals surface area contributed by atoms with Gasteiger partial charge < -0.3 is 20.3 Å². The first-order valence-corrected chi connectivity index (χ1v) is 9.71. The third kappa shape index (κ3) is 5.72. The third-order valence-corrected chi connectivity index (χ3v) is 4.63. The second-order valence-electron chi connectivity index (χ2n) is 6.66. The molecule has 0 heterocycles. The van der Waals surface area contributed by atoms with E-state index in [0.29, 0.717) is 24.2 Å². The minimum Gasteiger partial charge on any atom is -0.507 e. The van der Waals surface area contributed by atoms with E-state index in [0.717, 1.165) is 18.6 Å². The Labute approximate surface area is 177 Å². The van der Waals surface area contributed by atoms with Gasteiger partial charge >= 0.3 is 6.18 Å². The van der Waals surface area contributed by atoms with E-state index in [1.54, 1.807) is 6.07 Å². The number of ketones is 1. The molecule has 0 atom stereocenters. The quantitative estimate of drug-likeness (QED) is 0.296. The minimum absolute atomic E-state index is 0.0531. The van der Waals surface area contributed by atoms with Crippen molar-refractivity contribution in [2.24, 2.45) is 0 Å². The standard InChI is InChI=1S/C21H23ClF3NO4/c1-3-5-14-18(7-6-13(12(2)27)20(14)28)29-8-4-9-30-19-11-17(26)15(10-16(19)22)21(23,24)25/h6-7,10-11,28H,3-5,8-9,26H2,1-2H3. The average Bonchev–Trinajstić information content (AvgIpc) is 2.65. The molecule has 0 aliphatic rings. The SMILES string of the molecule is CCCc1c(OCCCOc2cc(N)c(C(F)(F)F)cc2Cl)ccc(C(C)=O)c1O. The summed E-state index contributed by atoms with van der Waals surface area (Å²) in [6.07, 6.45) is -2.90. The van der Waals surface area contributed by atoms with Crippen molar-refractivity contribution in [3.63, 3.8) is 0 Å². The zero-order chi connectivity index (χ0) is 22.5. The summed E-state index contributed by atoms with van der Waals surface area (Å²) in [5.74, 6) is 0.205. The molecule has 164 valence electrons. The molecular formula is C21H23ClF3NO4. The largest absolute Gasteiger partial charge is 0.507 e. The van der Waals surface area contributed by atoms with Gasteiger partial charge in [0.05, 0.1) is 29.4 Å². The number of halogens is 4. The Morgan fingerprint density at radius 3 is 2.37 bits per heavy atom. The van der Waals surface area contributed by atoms with Gasteiger partial charge in [0.25, 0.3) is 0 Å². The lowest BCUT2D eigenvalue weighted by atomic mass is 10.0. The maximum atomic E-state index is 12.8. The van der Waals surface area contributed by atoms with Gasteiger partial charge in [0.15, 0.2) is 5.78 Å². The van der Waals surface area contributed by atoms with Crippen molar-refractivity contribution in [2.75, 3.05) is 18.9 Å². The van der Waals surface area contributed by atoms with E-state index >= 15 is 0 Å². The van der Waals surface area contributed by atoms with Gasteiger partial charge in [0.1, 0.15) is 17.2 Å². The highest BCUT2D eigenvalue weighted by Crippen LogP contribution is 2.39. The molecule has 0 saturated heterocycles. The van der Waals surface area contributed by atoms with Crippen LogP contribution in [0.25, 0.3) is 0 Å². The molecule has 0 bridgehead atoms. The van der Waals surface area contributed by atoms with Crippen LogP contribution in [0.1, 0.15) is 48.2 Å². The van der Waals surface area contributed by atoms with E-state index in [9.17, 15) is 23.1 Å². The van der Waals surface area contributed by atoms with Crippen LogP contribution in [0.2, 0.25) is 5.02 Å². The maximum absolute atomic E-state index is 12.8. The fourth-order valence-corrected chi connectivity index (χ4v) is 3.10. The molecule has 2 rings (SSSR count). The lowest BCUT2D eigenvalue weighted by molar-refractivity contribution is -0.136. The molecule has 2 aromatic rings. The van der Waals surface area contributed by atoms with E-state index < -0.39 is 17.4 Å². The normalized spacial score (nSPS) is 11.4.